The normalized spacial score (nSPS) is 26.3. The van der Waals surface area contributed by atoms with Crippen molar-refractivity contribution in [1.82, 2.24) is 9.80 Å². The fourth-order valence-corrected chi connectivity index (χ4v) is 4.54. The van der Waals surface area contributed by atoms with E-state index in [1.165, 1.54) is 7.11 Å². The number of carbonyl (C=O) groups excluding carboxylic acids is 2. The molecule has 0 bridgehead atoms. The lowest BCUT2D eigenvalue weighted by Crippen LogP contribution is -2.47. The summed E-state index contributed by atoms with van der Waals surface area (Å²) < 4.78 is 11.2. The fraction of sp³-hybridized carbons (Fsp3) is 0.550. The molecule has 2 fully saturated rings. The second kappa shape index (κ2) is 7.00. The summed E-state index contributed by atoms with van der Waals surface area (Å²) in [4.78, 5) is 40.3. The van der Waals surface area contributed by atoms with Gasteiger partial charge >= 0.3 is 5.97 Å². The molecule has 3 aliphatic heterocycles. The van der Waals surface area contributed by atoms with Crippen LogP contribution in [0.4, 0.5) is 0 Å². The maximum absolute atomic E-state index is 12.9. The minimum atomic E-state index is -1.19. The molecular formula is C20H24N2O6. The number of likely N-dealkylation sites (tertiary alicyclic amines) is 2. The van der Waals surface area contributed by atoms with Crippen molar-refractivity contribution in [2.45, 2.75) is 25.2 Å². The molecule has 0 saturated carbocycles. The first-order valence-corrected chi connectivity index (χ1v) is 9.55. The Bertz CT molecular complexity index is 825. The number of hydrogen-bond donors (Lipinski definition) is 1. The average Bonchev–Trinajstić information content (AvgIpc) is 3.11. The SMILES string of the molecule is COc1cccc2c1OC[C@]1(C(=O)O)CN(C(=O)CN3CCCCC3=O)C[C@H]21. The van der Waals surface area contributed by atoms with Crippen LogP contribution in [-0.4, -0.2) is 72.6 Å². The van der Waals surface area contributed by atoms with Crippen LogP contribution in [0.15, 0.2) is 18.2 Å². The molecule has 0 aliphatic carbocycles. The number of amides is 2. The molecule has 150 valence electrons. The molecule has 0 aromatic heterocycles. The van der Waals surface area contributed by atoms with Crippen LogP contribution in [0.25, 0.3) is 0 Å². The van der Waals surface area contributed by atoms with Gasteiger partial charge in [-0.25, -0.2) is 0 Å². The lowest BCUT2D eigenvalue weighted by atomic mass is 9.73. The van der Waals surface area contributed by atoms with Gasteiger partial charge in [-0.15, -0.1) is 0 Å². The topological polar surface area (TPSA) is 96.4 Å². The first-order valence-electron chi connectivity index (χ1n) is 9.55. The smallest absolute Gasteiger partial charge is 0.315 e. The summed E-state index contributed by atoms with van der Waals surface area (Å²) in [5.41, 5.74) is -0.446. The van der Waals surface area contributed by atoms with Crippen LogP contribution >= 0.6 is 0 Å². The van der Waals surface area contributed by atoms with E-state index in [-0.39, 0.29) is 44.0 Å². The number of fused-ring (bicyclic) bond motifs is 3. The predicted molar refractivity (Wildman–Crippen MR) is 98.3 cm³/mol. The highest BCUT2D eigenvalue weighted by molar-refractivity contribution is 5.87. The van der Waals surface area contributed by atoms with E-state index in [1.54, 1.807) is 21.9 Å². The van der Waals surface area contributed by atoms with Crippen molar-refractivity contribution in [3.63, 3.8) is 0 Å². The van der Waals surface area contributed by atoms with Gasteiger partial charge in [0.15, 0.2) is 11.5 Å². The molecule has 2 saturated heterocycles. The molecule has 1 N–H and O–H groups in total. The van der Waals surface area contributed by atoms with Crippen molar-refractivity contribution in [2.24, 2.45) is 5.41 Å². The second-order valence-electron chi connectivity index (χ2n) is 7.73. The molecule has 4 rings (SSSR count). The van der Waals surface area contributed by atoms with Gasteiger partial charge in [0.05, 0.1) is 13.7 Å². The van der Waals surface area contributed by atoms with Crippen molar-refractivity contribution in [3.05, 3.63) is 23.8 Å². The summed E-state index contributed by atoms with van der Waals surface area (Å²) in [6, 6.07) is 5.41. The van der Waals surface area contributed by atoms with Crippen molar-refractivity contribution in [1.29, 1.82) is 0 Å². The fourth-order valence-electron chi connectivity index (χ4n) is 4.54. The lowest BCUT2D eigenvalue weighted by molar-refractivity contribution is -0.152. The van der Waals surface area contributed by atoms with Crippen LogP contribution in [0.2, 0.25) is 0 Å². The van der Waals surface area contributed by atoms with Crippen LogP contribution in [0.5, 0.6) is 11.5 Å². The van der Waals surface area contributed by atoms with Crippen LogP contribution in [0.1, 0.15) is 30.7 Å². The number of nitrogens with zero attached hydrogens (tertiary/aromatic N) is 2. The van der Waals surface area contributed by atoms with E-state index in [4.69, 9.17) is 9.47 Å². The highest BCUT2D eigenvalue weighted by Crippen LogP contribution is 2.52. The summed E-state index contributed by atoms with van der Waals surface area (Å²) in [6.45, 7) is 0.927. The zero-order valence-corrected chi connectivity index (χ0v) is 15.8. The number of rotatable bonds is 4. The molecule has 3 aliphatic rings. The second-order valence-corrected chi connectivity index (χ2v) is 7.73. The molecule has 2 amide bonds. The van der Waals surface area contributed by atoms with Crippen molar-refractivity contribution in [3.8, 4) is 11.5 Å². The van der Waals surface area contributed by atoms with E-state index in [2.05, 4.69) is 0 Å². The van der Waals surface area contributed by atoms with Crippen LogP contribution in [0, 0.1) is 5.41 Å². The highest BCUT2D eigenvalue weighted by atomic mass is 16.5. The Morgan fingerprint density at radius 1 is 1.36 bits per heavy atom. The summed E-state index contributed by atoms with van der Waals surface area (Å²) in [5.74, 6) is -0.481. The van der Waals surface area contributed by atoms with E-state index in [1.807, 2.05) is 6.07 Å². The van der Waals surface area contributed by atoms with Gasteiger partial charge in [0, 0.05) is 37.5 Å². The molecule has 0 radical (unpaired) electrons. The lowest BCUT2D eigenvalue weighted by Gasteiger charge is -2.36. The van der Waals surface area contributed by atoms with Crippen molar-refractivity contribution < 1.29 is 29.0 Å². The molecule has 0 spiro atoms. The van der Waals surface area contributed by atoms with Gasteiger partial charge in [0.2, 0.25) is 11.8 Å². The molecule has 8 heteroatoms. The van der Waals surface area contributed by atoms with Gasteiger partial charge in [-0.2, -0.15) is 0 Å². The Labute approximate surface area is 163 Å². The molecule has 0 unspecified atom stereocenters. The molecule has 3 heterocycles. The number of carbonyl (C=O) groups is 3. The van der Waals surface area contributed by atoms with E-state index in [9.17, 15) is 19.5 Å². The largest absolute Gasteiger partial charge is 0.493 e. The maximum Gasteiger partial charge on any atom is 0.315 e. The zero-order chi connectivity index (χ0) is 19.9. The number of carboxylic acid groups (broad SMARTS) is 1. The Hall–Kier alpha value is -2.77. The summed E-state index contributed by atoms with van der Waals surface area (Å²) in [7, 11) is 1.54. The molecular weight excluding hydrogens is 364 g/mol. The molecule has 1 aromatic rings. The third-order valence-corrected chi connectivity index (χ3v) is 6.15. The third-order valence-electron chi connectivity index (χ3n) is 6.15. The van der Waals surface area contributed by atoms with Gasteiger partial charge in [0.25, 0.3) is 0 Å². The number of piperidine rings is 1. The van der Waals surface area contributed by atoms with Gasteiger partial charge in [0.1, 0.15) is 12.0 Å². The number of benzene rings is 1. The number of para-hydroxylation sites is 1. The molecule has 1 aromatic carbocycles. The molecule has 28 heavy (non-hydrogen) atoms. The Balaban J connectivity index is 1.60. The van der Waals surface area contributed by atoms with E-state index >= 15 is 0 Å². The Morgan fingerprint density at radius 2 is 2.18 bits per heavy atom. The number of hydrogen-bond acceptors (Lipinski definition) is 5. The van der Waals surface area contributed by atoms with Crippen molar-refractivity contribution >= 4 is 17.8 Å². The van der Waals surface area contributed by atoms with Crippen LogP contribution < -0.4 is 9.47 Å². The minimum Gasteiger partial charge on any atom is -0.493 e. The zero-order valence-electron chi connectivity index (χ0n) is 15.8. The number of aliphatic carboxylic acids is 1. The Kier molecular flexibility index (Phi) is 4.64. The number of carboxylic acids is 1. The van der Waals surface area contributed by atoms with E-state index in [0.29, 0.717) is 24.5 Å². The summed E-state index contributed by atoms with van der Waals surface area (Å²) in [5, 5.41) is 10.0. The van der Waals surface area contributed by atoms with Gasteiger partial charge in [-0.1, -0.05) is 12.1 Å². The predicted octanol–water partition coefficient (Wildman–Crippen LogP) is 1.10. The standard InChI is InChI=1S/C20H24N2O6/c1-27-15-6-4-5-13-14-9-22(11-20(14,19(25)26)12-28-18(13)15)17(24)10-21-8-3-2-7-16(21)23/h4-6,14H,2-3,7-12H2,1H3,(H,25,26)/t14-,20-/m1/s1. The quantitative estimate of drug-likeness (QED) is 0.830. The Morgan fingerprint density at radius 3 is 2.89 bits per heavy atom. The number of ether oxygens (including phenoxy) is 2. The first kappa shape index (κ1) is 18.6. The monoisotopic (exact) mass is 388 g/mol. The molecule has 2 atom stereocenters. The van der Waals surface area contributed by atoms with Crippen LogP contribution in [-0.2, 0) is 14.4 Å². The maximum atomic E-state index is 12.9. The summed E-state index contributed by atoms with van der Waals surface area (Å²) >= 11 is 0. The third kappa shape index (κ3) is 2.87. The average molecular weight is 388 g/mol. The van der Waals surface area contributed by atoms with E-state index in [0.717, 1.165) is 18.4 Å². The van der Waals surface area contributed by atoms with Gasteiger partial charge in [-0.05, 0) is 18.9 Å². The highest BCUT2D eigenvalue weighted by Gasteiger charge is 2.58. The number of methoxy groups -OCH3 is 1. The van der Waals surface area contributed by atoms with Gasteiger partial charge in [-0.3, -0.25) is 14.4 Å². The first-order chi connectivity index (χ1) is 13.5. The summed E-state index contributed by atoms with van der Waals surface area (Å²) in [6.07, 6.45) is 2.21. The van der Waals surface area contributed by atoms with Gasteiger partial charge < -0.3 is 24.4 Å². The van der Waals surface area contributed by atoms with Crippen LogP contribution in [0.3, 0.4) is 0 Å². The van der Waals surface area contributed by atoms with E-state index < -0.39 is 11.4 Å². The molecule has 8 nitrogen and oxygen atoms in total. The minimum absolute atomic E-state index is 0.00702. The van der Waals surface area contributed by atoms with Crippen molar-refractivity contribution in [2.75, 3.05) is 39.9 Å².